The van der Waals surface area contributed by atoms with E-state index in [1.807, 2.05) is 36.4 Å². The number of hydrogen-bond donors (Lipinski definition) is 1. The summed E-state index contributed by atoms with van der Waals surface area (Å²) in [5.41, 5.74) is 3.77. The monoisotopic (exact) mass is 242 g/mol. The number of rotatable bonds is 2. The number of hydrogen-bond acceptors (Lipinski definition) is 3. The first-order valence-corrected chi connectivity index (χ1v) is 5.80. The third-order valence-electron chi connectivity index (χ3n) is 3.40. The smallest absolute Gasteiger partial charge is 0.167 e. The predicted octanol–water partition coefficient (Wildman–Crippen LogP) is 2.77. The maximum Gasteiger partial charge on any atom is 0.167 e. The molecule has 0 saturated heterocycles. The van der Waals surface area contributed by atoms with Gasteiger partial charge in [-0.25, -0.2) is 0 Å². The Labute approximate surface area is 106 Å². The van der Waals surface area contributed by atoms with Gasteiger partial charge < -0.3 is 14.6 Å². The molecule has 1 aliphatic rings. The molecule has 18 heavy (non-hydrogen) atoms. The molecule has 0 unspecified atom stereocenters. The molecule has 0 heterocycles. The highest BCUT2D eigenvalue weighted by Gasteiger charge is 2.31. The van der Waals surface area contributed by atoms with Crippen molar-refractivity contribution in [1.29, 1.82) is 0 Å². The molecule has 1 N–H and O–H groups in total. The van der Waals surface area contributed by atoms with Gasteiger partial charge in [0.1, 0.15) is 6.10 Å². The molecule has 1 atom stereocenters. The molecule has 2 aromatic rings. The minimum Gasteiger partial charge on any atom is -0.493 e. The van der Waals surface area contributed by atoms with Crippen LogP contribution in [-0.4, -0.2) is 19.3 Å². The molecule has 0 aliphatic heterocycles. The second-order valence-electron chi connectivity index (χ2n) is 4.25. The van der Waals surface area contributed by atoms with E-state index < -0.39 is 6.10 Å². The molecular formula is C15H14O3. The second-order valence-corrected chi connectivity index (χ2v) is 4.25. The highest BCUT2D eigenvalue weighted by Crippen LogP contribution is 2.50. The first-order chi connectivity index (χ1) is 8.77. The average Bonchev–Trinajstić information content (AvgIpc) is 2.72. The number of aliphatic hydroxyl groups excluding tert-OH is 1. The third-order valence-corrected chi connectivity index (χ3v) is 3.40. The van der Waals surface area contributed by atoms with Gasteiger partial charge in [0.05, 0.1) is 14.2 Å². The number of methoxy groups -OCH3 is 2. The Bertz CT molecular complexity index is 605. The van der Waals surface area contributed by atoms with E-state index in [2.05, 4.69) is 0 Å². The van der Waals surface area contributed by atoms with Gasteiger partial charge in [-0.05, 0) is 22.8 Å². The molecule has 0 amide bonds. The van der Waals surface area contributed by atoms with E-state index in [-0.39, 0.29) is 0 Å². The fraction of sp³-hybridized carbons (Fsp3) is 0.200. The summed E-state index contributed by atoms with van der Waals surface area (Å²) < 4.78 is 10.7. The van der Waals surface area contributed by atoms with Gasteiger partial charge >= 0.3 is 0 Å². The van der Waals surface area contributed by atoms with E-state index >= 15 is 0 Å². The summed E-state index contributed by atoms with van der Waals surface area (Å²) in [6.45, 7) is 0. The van der Waals surface area contributed by atoms with Crippen molar-refractivity contribution in [3.63, 3.8) is 0 Å². The fourth-order valence-electron chi connectivity index (χ4n) is 2.59. The summed E-state index contributed by atoms with van der Waals surface area (Å²) in [4.78, 5) is 0. The van der Waals surface area contributed by atoms with Crippen LogP contribution in [0.15, 0.2) is 36.4 Å². The first-order valence-electron chi connectivity index (χ1n) is 5.80. The van der Waals surface area contributed by atoms with Crippen LogP contribution in [0.25, 0.3) is 11.1 Å². The lowest BCUT2D eigenvalue weighted by molar-refractivity contribution is 0.218. The summed E-state index contributed by atoms with van der Waals surface area (Å²) in [5, 5.41) is 10.4. The summed E-state index contributed by atoms with van der Waals surface area (Å²) in [6.07, 6.45) is -0.652. The van der Waals surface area contributed by atoms with Crippen LogP contribution in [0.5, 0.6) is 11.5 Å². The Morgan fingerprint density at radius 3 is 2.44 bits per heavy atom. The van der Waals surface area contributed by atoms with Crippen LogP contribution in [0.4, 0.5) is 0 Å². The van der Waals surface area contributed by atoms with Crippen LogP contribution in [-0.2, 0) is 0 Å². The summed E-state index contributed by atoms with van der Waals surface area (Å²) in [6, 6.07) is 11.7. The molecule has 0 aromatic heterocycles. The standard InChI is InChI=1S/C15H14O3/c1-17-12-8-7-10-9-5-3-4-6-11(9)14(16)13(10)15(12)18-2/h3-8,14,16H,1-2H3/t14-/m1/s1. The Balaban J connectivity index is 2.30. The highest BCUT2D eigenvalue weighted by molar-refractivity contribution is 5.81. The SMILES string of the molecule is COc1ccc2c(c1OC)[C@H](O)c1ccccc1-2. The molecule has 3 heteroatoms. The Morgan fingerprint density at radius 1 is 0.944 bits per heavy atom. The van der Waals surface area contributed by atoms with E-state index in [1.165, 1.54) is 0 Å². The minimum absolute atomic E-state index is 0.610. The molecule has 1 aliphatic carbocycles. The van der Waals surface area contributed by atoms with Crippen molar-refractivity contribution >= 4 is 0 Å². The van der Waals surface area contributed by atoms with Crippen LogP contribution >= 0.6 is 0 Å². The van der Waals surface area contributed by atoms with Crippen LogP contribution in [0.3, 0.4) is 0 Å². The molecule has 0 spiro atoms. The Hall–Kier alpha value is -2.00. The summed E-state index contributed by atoms with van der Waals surface area (Å²) in [5.74, 6) is 1.25. The summed E-state index contributed by atoms with van der Waals surface area (Å²) >= 11 is 0. The average molecular weight is 242 g/mol. The Morgan fingerprint density at radius 2 is 1.72 bits per heavy atom. The lowest BCUT2D eigenvalue weighted by atomic mass is 10.0. The lowest BCUT2D eigenvalue weighted by Gasteiger charge is -2.14. The Kier molecular flexibility index (Phi) is 2.49. The van der Waals surface area contributed by atoms with Gasteiger partial charge in [-0.3, -0.25) is 0 Å². The van der Waals surface area contributed by atoms with E-state index in [4.69, 9.17) is 9.47 Å². The largest absolute Gasteiger partial charge is 0.493 e. The van der Waals surface area contributed by atoms with Crippen molar-refractivity contribution in [3.05, 3.63) is 47.5 Å². The van der Waals surface area contributed by atoms with Crippen LogP contribution in [0, 0.1) is 0 Å². The van der Waals surface area contributed by atoms with E-state index in [9.17, 15) is 5.11 Å². The van der Waals surface area contributed by atoms with E-state index in [0.29, 0.717) is 11.5 Å². The van der Waals surface area contributed by atoms with Crippen LogP contribution < -0.4 is 9.47 Å². The maximum atomic E-state index is 10.4. The molecule has 3 rings (SSSR count). The zero-order chi connectivity index (χ0) is 12.7. The molecular weight excluding hydrogens is 228 g/mol. The number of benzene rings is 2. The topological polar surface area (TPSA) is 38.7 Å². The molecule has 0 bridgehead atoms. The minimum atomic E-state index is -0.652. The van der Waals surface area contributed by atoms with Gasteiger partial charge in [-0.15, -0.1) is 0 Å². The maximum absolute atomic E-state index is 10.4. The fourth-order valence-corrected chi connectivity index (χ4v) is 2.59. The van der Waals surface area contributed by atoms with Crippen molar-refractivity contribution in [2.24, 2.45) is 0 Å². The van der Waals surface area contributed by atoms with Gasteiger partial charge in [0.15, 0.2) is 11.5 Å². The van der Waals surface area contributed by atoms with Crippen molar-refractivity contribution in [1.82, 2.24) is 0 Å². The molecule has 0 fully saturated rings. The van der Waals surface area contributed by atoms with Crippen molar-refractivity contribution in [2.75, 3.05) is 14.2 Å². The molecule has 3 nitrogen and oxygen atoms in total. The van der Waals surface area contributed by atoms with Crippen molar-refractivity contribution in [2.45, 2.75) is 6.10 Å². The molecule has 0 radical (unpaired) electrons. The summed E-state index contributed by atoms with van der Waals surface area (Å²) in [7, 11) is 3.19. The molecule has 2 aromatic carbocycles. The zero-order valence-electron chi connectivity index (χ0n) is 10.3. The van der Waals surface area contributed by atoms with Gasteiger partial charge in [0.25, 0.3) is 0 Å². The molecule has 92 valence electrons. The number of aliphatic hydroxyl groups is 1. The predicted molar refractivity (Wildman–Crippen MR) is 69.0 cm³/mol. The van der Waals surface area contributed by atoms with Gasteiger partial charge in [0, 0.05) is 5.56 Å². The van der Waals surface area contributed by atoms with Gasteiger partial charge in [-0.1, -0.05) is 30.3 Å². The highest BCUT2D eigenvalue weighted by atomic mass is 16.5. The van der Waals surface area contributed by atoms with Crippen LogP contribution in [0.2, 0.25) is 0 Å². The van der Waals surface area contributed by atoms with Gasteiger partial charge in [0.2, 0.25) is 0 Å². The quantitative estimate of drug-likeness (QED) is 0.880. The zero-order valence-corrected chi connectivity index (χ0v) is 10.3. The number of ether oxygens (including phenoxy) is 2. The van der Waals surface area contributed by atoms with E-state index in [1.54, 1.807) is 14.2 Å². The second kappa shape index (κ2) is 4.03. The first kappa shape index (κ1) is 11.1. The third kappa shape index (κ3) is 1.34. The number of fused-ring (bicyclic) bond motifs is 3. The van der Waals surface area contributed by atoms with E-state index in [0.717, 1.165) is 22.3 Å². The lowest BCUT2D eigenvalue weighted by Crippen LogP contribution is -1.99. The van der Waals surface area contributed by atoms with Crippen molar-refractivity contribution < 1.29 is 14.6 Å². The molecule has 0 saturated carbocycles. The normalized spacial score (nSPS) is 16.1. The van der Waals surface area contributed by atoms with Gasteiger partial charge in [-0.2, -0.15) is 0 Å². The van der Waals surface area contributed by atoms with Crippen LogP contribution in [0.1, 0.15) is 17.2 Å². The van der Waals surface area contributed by atoms with Crippen molar-refractivity contribution in [3.8, 4) is 22.6 Å².